The maximum absolute atomic E-state index is 12.0. The van der Waals surface area contributed by atoms with E-state index in [2.05, 4.69) is 5.32 Å². The maximum Gasteiger partial charge on any atom is 0.342 e. The number of nitro groups is 1. The van der Waals surface area contributed by atoms with Gasteiger partial charge >= 0.3 is 5.97 Å². The molecule has 0 radical (unpaired) electrons. The minimum Gasteiger partial charge on any atom is -0.496 e. The first-order valence-corrected chi connectivity index (χ1v) is 7.11. The van der Waals surface area contributed by atoms with Crippen LogP contribution in [-0.2, 0) is 9.53 Å². The lowest BCUT2D eigenvalue weighted by atomic mass is 10.1. The second-order valence-electron chi connectivity index (χ2n) is 5.25. The summed E-state index contributed by atoms with van der Waals surface area (Å²) in [6, 6.07) is 3.57. The van der Waals surface area contributed by atoms with Gasteiger partial charge in [0.2, 0.25) is 0 Å². The number of rotatable bonds is 8. The Kier molecular flexibility index (Phi) is 6.98. The number of esters is 1. The number of ether oxygens (including phenoxy) is 2. The molecule has 0 aliphatic rings. The quantitative estimate of drug-likeness (QED) is 0.444. The largest absolute Gasteiger partial charge is 0.496 e. The molecule has 8 heteroatoms. The summed E-state index contributed by atoms with van der Waals surface area (Å²) < 4.78 is 9.85. The van der Waals surface area contributed by atoms with Crippen LogP contribution in [-0.4, -0.2) is 37.1 Å². The van der Waals surface area contributed by atoms with Gasteiger partial charge in [-0.1, -0.05) is 13.8 Å². The Morgan fingerprint density at radius 1 is 1.35 bits per heavy atom. The van der Waals surface area contributed by atoms with E-state index in [1.807, 2.05) is 13.8 Å². The van der Waals surface area contributed by atoms with Crippen molar-refractivity contribution in [2.75, 3.05) is 20.3 Å². The van der Waals surface area contributed by atoms with Crippen LogP contribution in [0.2, 0.25) is 0 Å². The summed E-state index contributed by atoms with van der Waals surface area (Å²) in [5, 5.41) is 13.4. The van der Waals surface area contributed by atoms with Crippen LogP contribution in [0.25, 0.3) is 0 Å². The molecule has 0 aromatic heterocycles. The first-order valence-electron chi connectivity index (χ1n) is 7.11. The minimum atomic E-state index is -0.857. The van der Waals surface area contributed by atoms with Gasteiger partial charge in [0.1, 0.15) is 11.3 Å². The van der Waals surface area contributed by atoms with E-state index in [9.17, 15) is 19.7 Å². The van der Waals surface area contributed by atoms with Crippen LogP contribution in [0, 0.1) is 16.0 Å². The topological polar surface area (TPSA) is 108 Å². The molecule has 0 saturated heterocycles. The van der Waals surface area contributed by atoms with E-state index >= 15 is 0 Å². The molecule has 0 aliphatic carbocycles. The fourth-order valence-electron chi connectivity index (χ4n) is 1.73. The molecule has 0 unspecified atom stereocenters. The third-order valence-electron chi connectivity index (χ3n) is 2.99. The fourth-order valence-corrected chi connectivity index (χ4v) is 1.73. The average molecular weight is 324 g/mol. The van der Waals surface area contributed by atoms with Crippen LogP contribution in [0.1, 0.15) is 30.6 Å². The summed E-state index contributed by atoms with van der Waals surface area (Å²) in [7, 11) is 1.33. The van der Waals surface area contributed by atoms with Crippen LogP contribution >= 0.6 is 0 Å². The minimum absolute atomic E-state index is 0.100. The van der Waals surface area contributed by atoms with Gasteiger partial charge in [-0.2, -0.15) is 0 Å². The van der Waals surface area contributed by atoms with Gasteiger partial charge in [0.05, 0.1) is 12.0 Å². The van der Waals surface area contributed by atoms with E-state index < -0.39 is 23.4 Å². The Morgan fingerprint density at radius 2 is 2.04 bits per heavy atom. The van der Waals surface area contributed by atoms with Gasteiger partial charge in [-0.15, -0.1) is 0 Å². The number of nitro benzene ring substituents is 1. The summed E-state index contributed by atoms with van der Waals surface area (Å²) in [5.74, 6) is -0.694. The third-order valence-corrected chi connectivity index (χ3v) is 2.99. The molecule has 8 nitrogen and oxygen atoms in total. The van der Waals surface area contributed by atoms with Gasteiger partial charge in [-0.3, -0.25) is 14.9 Å². The second-order valence-corrected chi connectivity index (χ2v) is 5.25. The molecule has 1 aromatic carbocycles. The first-order chi connectivity index (χ1) is 10.8. The van der Waals surface area contributed by atoms with Gasteiger partial charge in [0.15, 0.2) is 6.61 Å². The maximum atomic E-state index is 12.0. The molecule has 0 heterocycles. The number of non-ortho nitro benzene ring substituents is 1. The monoisotopic (exact) mass is 324 g/mol. The molecule has 0 saturated carbocycles. The molecular formula is C15H20N2O6. The van der Waals surface area contributed by atoms with Crippen molar-refractivity contribution in [3.63, 3.8) is 0 Å². The van der Waals surface area contributed by atoms with E-state index in [0.717, 1.165) is 12.5 Å². The standard InChI is InChI=1S/C15H20N2O6/c1-10(2)6-7-16-14(18)9-23-15(19)12-8-11(17(20)21)4-5-13(12)22-3/h4-5,8,10H,6-7,9H2,1-3H3,(H,16,18). The molecule has 0 aliphatic heterocycles. The summed E-state index contributed by atoms with van der Waals surface area (Å²) in [6.07, 6.45) is 0.818. The van der Waals surface area contributed by atoms with Crippen molar-refractivity contribution < 1.29 is 24.0 Å². The zero-order valence-electron chi connectivity index (χ0n) is 13.3. The molecule has 126 valence electrons. The Morgan fingerprint density at radius 3 is 2.61 bits per heavy atom. The predicted molar refractivity (Wildman–Crippen MR) is 82.4 cm³/mol. The van der Waals surface area contributed by atoms with Gasteiger partial charge in [-0.05, 0) is 18.4 Å². The Balaban J connectivity index is 2.65. The number of hydrogen-bond acceptors (Lipinski definition) is 6. The number of nitrogens with zero attached hydrogens (tertiary/aromatic N) is 1. The highest BCUT2D eigenvalue weighted by Gasteiger charge is 2.19. The number of methoxy groups -OCH3 is 1. The van der Waals surface area contributed by atoms with Crippen LogP contribution in [0.15, 0.2) is 18.2 Å². The predicted octanol–water partition coefficient (Wildman–Crippen LogP) is 1.92. The number of nitrogens with one attached hydrogen (secondary N) is 1. The Bertz CT molecular complexity index is 585. The van der Waals surface area contributed by atoms with E-state index in [1.54, 1.807) is 0 Å². The van der Waals surface area contributed by atoms with Crippen molar-refractivity contribution in [1.82, 2.24) is 5.32 Å². The van der Waals surface area contributed by atoms with Gasteiger partial charge in [0, 0.05) is 18.7 Å². The van der Waals surface area contributed by atoms with Crippen molar-refractivity contribution in [3.05, 3.63) is 33.9 Å². The Labute approximate surface area is 133 Å². The highest BCUT2D eigenvalue weighted by atomic mass is 16.6. The fraction of sp³-hybridized carbons (Fsp3) is 0.467. The zero-order valence-corrected chi connectivity index (χ0v) is 13.3. The normalized spacial score (nSPS) is 10.3. The molecule has 1 N–H and O–H groups in total. The second kappa shape index (κ2) is 8.72. The van der Waals surface area contributed by atoms with Crippen molar-refractivity contribution in [3.8, 4) is 5.75 Å². The number of benzene rings is 1. The first kappa shape index (κ1) is 18.4. The van der Waals surface area contributed by atoms with Crippen LogP contribution < -0.4 is 10.1 Å². The van der Waals surface area contributed by atoms with Crippen molar-refractivity contribution in [1.29, 1.82) is 0 Å². The van der Waals surface area contributed by atoms with Gasteiger partial charge in [-0.25, -0.2) is 4.79 Å². The lowest BCUT2D eigenvalue weighted by molar-refractivity contribution is -0.384. The summed E-state index contributed by atoms with van der Waals surface area (Å²) >= 11 is 0. The van der Waals surface area contributed by atoms with Gasteiger partial charge in [0.25, 0.3) is 11.6 Å². The summed E-state index contributed by atoms with van der Waals surface area (Å²) in [4.78, 5) is 33.7. The molecule has 1 rings (SSSR count). The molecular weight excluding hydrogens is 304 g/mol. The molecule has 1 aromatic rings. The molecule has 23 heavy (non-hydrogen) atoms. The summed E-state index contributed by atoms with van der Waals surface area (Å²) in [5.41, 5.74) is -0.365. The number of amides is 1. The lowest BCUT2D eigenvalue weighted by Crippen LogP contribution is -2.30. The van der Waals surface area contributed by atoms with Crippen molar-refractivity contribution >= 4 is 17.6 Å². The lowest BCUT2D eigenvalue weighted by Gasteiger charge is -2.09. The van der Waals surface area contributed by atoms with Crippen molar-refractivity contribution in [2.24, 2.45) is 5.92 Å². The highest BCUT2D eigenvalue weighted by Crippen LogP contribution is 2.24. The van der Waals surface area contributed by atoms with Gasteiger partial charge < -0.3 is 14.8 Å². The number of carbonyl (C=O) groups excluding carboxylic acids is 2. The van der Waals surface area contributed by atoms with Crippen LogP contribution in [0.5, 0.6) is 5.75 Å². The molecule has 0 fully saturated rings. The third kappa shape index (κ3) is 5.93. The Hall–Kier alpha value is -2.64. The van der Waals surface area contributed by atoms with E-state index in [0.29, 0.717) is 12.5 Å². The molecule has 0 spiro atoms. The van der Waals surface area contributed by atoms with Crippen molar-refractivity contribution in [2.45, 2.75) is 20.3 Å². The molecule has 0 bridgehead atoms. The van der Waals surface area contributed by atoms with E-state index in [1.165, 1.54) is 19.2 Å². The molecule has 1 amide bonds. The van der Waals surface area contributed by atoms with Crippen LogP contribution in [0.4, 0.5) is 5.69 Å². The number of hydrogen-bond donors (Lipinski definition) is 1. The number of carbonyl (C=O) groups is 2. The van der Waals surface area contributed by atoms with E-state index in [4.69, 9.17) is 9.47 Å². The molecule has 0 atom stereocenters. The van der Waals surface area contributed by atoms with Crippen LogP contribution in [0.3, 0.4) is 0 Å². The zero-order chi connectivity index (χ0) is 17.4. The SMILES string of the molecule is COc1ccc([N+](=O)[O-])cc1C(=O)OCC(=O)NCCC(C)C. The smallest absolute Gasteiger partial charge is 0.342 e. The summed E-state index contributed by atoms with van der Waals surface area (Å²) in [6.45, 7) is 4.10. The van der Waals surface area contributed by atoms with E-state index in [-0.39, 0.29) is 17.0 Å². The average Bonchev–Trinajstić information content (AvgIpc) is 2.51. The highest BCUT2D eigenvalue weighted by molar-refractivity contribution is 5.94.